The zero-order chi connectivity index (χ0) is 27.9. The quantitative estimate of drug-likeness (QED) is 0.0653. The van der Waals surface area contributed by atoms with Gasteiger partial charge < -0.3 is 4.74 Å². The first-order chi connectivity index (χ1) is 18.6. The second kappa shape index (κ2) is 30.7. The number of hydrogen-bond acceptors (Lipinski definition) is 3. The van der Waals surface area contributed by atoms with Gasteiger partial charge in [-0.3, -0.25) is 9.59 Å². The first kappa shape index (κ1) is 37.1. The average Bonchev–Trinajstić information content (AvgIpc) is 2.90. The van der Waals surface area contributed by atoms with E-state index in [2.05, 4.69) is 13.8 Å². The molecule has 0 aromatic rings. The molecule has 0 spiro atoms. The van der Waals surface area contributed by atoms with Crippen LogP contribution in [0.15, 0.2) is 0 Å². The van der Waals surface area contributed by atoms with Gasteiger partial charge in [0, 0.05) is 19.3 Å². The third-order valence-corrected chi connectivity index (χ3v) is 7.94. The molecule has 0 bridgehead atoms. The number of carbonyl (C=O) groups is 2. The molecule has 0 N–H and O–H groups in total. The van der Waals surface area contributed by atoms with E-state index in [1.54, 1.807) is 0 Å². The van der Waals surface area contributed by atoms with Crippen molar-refractivity contribution in [3.05, 3.63) is 0 Å². The van der Waals surface area contributed by atoms with E-state index in [9.17, 15) is 9.59 Å². The molecule has 3 heteroatoms. The highest BCUT2D eigenvalue weighted by atomic mass is 16.5. The summed E-state index contributed by atoms with van der Waals surface area (Å²) >= 11 is 0. The molecular formula is C35H68O3. The monoisotopic (exact) mass is 537 g/mol. The highest BCUT2D eigenvalue weighted by Gasteiger charge is 2.10. The van der Waals surface area contributed by atoms with E-state index in [-0.39, 0.29) is 12.1 Å². The van der Waals surface area contributed by atoms with Crippen LogP contribution in [-0.2, 0) is 14.3 Å². The summed E-state index contributed by atoms with van der Waals surface area (Å²) in [5.41, 5.74) is 0. The van der Waals surface area contributed by atoms with E-state index in [1.165, 1.54) is 128 Å². The molecule has 0 fully saturated rings. The molecule has 3 nitrogen and oxygen atoms in total. The van der Waals surface area contributed by atoms with E-state index < -0.39 is 0 Å². The van der Waals surface area contributed by atoms with Gasteiger partial charge in [0.15, 0.2) is 0 Å². The molecule has 0 radical (unpaired) electrons. The summed E-state index contributed by atoms with van der Waals surface area (Å²) in [5, 5.41) is 0. The zero-order valence-electron chi connectivity index (χ0n) is 26.3. The van der Waals surface area contributed by atoms with Crippen molar-refractivity contribution in [3.8, 4) is 0 Å². The van der Waals surface area contributed by atoms with Crippen molar-refractivity contribution in [1.29, 1.82) is 0 Å². The number of rotatable bonds is 31. The summed E-state index contributed by atoms with van der Waals surface area (Å²) in [6.07, 6.45) is 35.1. The minimum absolute atomic E-state index is 0.0260. The molecule has 0 aromatic heterocycles. The fraction of sp³-hybridized carbons (Fsp3) is 0.943. The Kier molecular flexibility index (Phi) is 30.0. The largest absolute Gasteiger partial charge is 0.463 e. The predicted molar refractivity (Wildman–Crippen MR) is 166 cm³/mol. The van der Waals surface area contributed by atoms with Gasteiger partial charge >= 0.3 is 5.97 Å². The van der Waals surface area contributed by atoms with Crippen LogP contribution < -0.4 is 0 Å². The maximum atomic E-state index is 12.1. The van der Waals surface area contributed by atoms with Gasteiger partial charge in [-0.2, -0.15) is 0 Å². The standard InChI is InChI=1S/C35H68O3/c1-4-6-8-10-12-13-14-15-16-17-18-19-20-21-22-24-26-32-35(37)38-33(3)29-27-28-31-34(36)30-25-23-11-9-7-5-2/h33H,4-32H2,1-3H3. The fourth-order valence-electron chi connectivity index (χ4n) is 5.32. The van der Waals surface area contributed by atoms with Gasteiger partial charge in [-0.05, 0) is 39.0 Å². The summed E-state index contributed by atoms with van der Waals surface area (Å²) in [6, 6.07) is 0. The smallest absolute Gasteiger partial charge is 0.306 e. The number of unbranched alkanes of at least 4 members (excludes halogenated alkanes) is 22. The zero-order valence-corrected chi connectivity index (χ0v) is 26.3. The second-order valence-corrected chi connectivity index (χ2v) is 12.0. The summed E-state index contributed by atoms with van der Waals surface area (Å²) in [6.45, 7) is 6.51. The summed E-state index contributed by atoms with van der Waals surface area (Å²) in [7, 11) is 0. The lowest BCUT2D eigenvalue weighted by Crippen LogP contribution is -2.14. The Bertz CT molecular complexity index is 501. The van der Waals surface area contributed by atoms with E-state index in [1.807, 2.05) is 6.92 Å². The molecule has 226 valence electrons. The van der Waals surface area contributed by atoms with Gasteiger partial charge in [0.2, 0.25) is 0 Å². The van der Waals surface area contributed by atoms with Crippen LogP contribution in [0.25, 0.3) is 0 Å². The van der Waals surface area contributed by atoms with Gasteiger partial charge in [-0.25, -0.2) is 0 Å². The fourth-order valence-corrected chi connectivity index (χ4v) is 5.32. The van der Waals surface area contributed by atoms with Crippen molar-refractivity contribution >= 4 is 11.8 Å². The van der Waals surface area contributed by atoms with Crippen LogP contribution >= 0.6 is 0 Å². The van der Waals surface area contributed by atoms with Crippen molar-refractivity contribution in [2.75, 3.05) is 0 Å². The molecule has 0 aliphatic heterocycles. The first-order valence-corrected chi connectivity index (χ1v) is 17.3. The minimum Gasteiger partial charge on any atom is -0.463 e. The van der Waals surface area contributed by atoms with Crippen LogP contribution in [0.5, 0.6) is 0 Å². The Morgan fingerprint density at radius 3 is 1.16 bits per heavy atom. The topological polar surface area (TPSA) is 43.4 Å². The van der Waals surface area contributed by atoms with Crippen molar-refractivity contribution in [2.45, 2.75) is 213 Å². The summed E-state index contributed by atoms with van der Waals surface area (Å²) in [4.78, 5) is 24.1. The molecule has 0 heterocycles. The Hall–Kier alpha value is -0.860. The highest BCUT2D eigenvalue weighted by molar-refractivity contribution is 5.78. The molecule has 0 amide bonds. The van der Waals surface area contributed by atoms with Crippen LogP contribution in [0.4, 0.5) is 0 Å². The molecule has 1 atom stereocenters. The van der Waals surface area contributed by atoms with Gasteiger partial charge in [-0.15, -0.1) is 0 Å². The van der Waals surface area contributed by atoms with Crippen LogP contribution in [0, 0.1) is 0 Å². The Morgan fingerprint density at radius 1 is 0.447 bits per heavy atom. The molecule has 0 saturated heterocycles. The number of hydrogen-bond donors (Lipinski definition) is 0. The third kappa shape index (κ3) is 29.7. The average molecular weight is 537 g/mol. The molecule has 0 saturated carbocycles. The Morgan fingerprint density at radius 2 is 0.763 bits per heavy atom. The molecular weight excluding hydrogens is 468 g/mol. The van der Waals surface area contributed by atoms with Crippen molar-refractivity contribution in [2.24, 2.45) is 0 Å². The Balaban J connectivity index is 3.36. The number of esters is 1. The maximum Gasteiger partial charge on any atom is 0.306 e. The van der Waals surface area contributed by atoms with Crippen LogP contribution in [0.3, 0.4) is 0 Å². The van der Waals surface area contributed by atoms with Crippen LogP contribution in [0.2, 0.25) is 0 Å². The third-order valence-electron chi connectivity index (χ3n) is 7.94. The van der Waals surface area contributed by atoms with Crippen molar-refractivity contribution < 1.29 is 14.3 Å². The van der Waals surface area contributed by atoms with E-state index in [0.29, 0.717) is 18.6 Å². The van der Waals surface area contributed by atoms with Crippen LogP contribution in [0.1, 0.15) is 207 Å². The van der Waals surface area contributed by atoms with Gasteiger partial charge in [-0.1, -0.05) is 149 Å². The maximum absolute atomic E-state index is 12.1. The van der Waals surface area contributed by atoms with Gasteiger partial charge in [0.25, 0.3) is 0 Å². The number of ketones is 1. The van der Waals surface area contributed by atoms with Gasteiger partial charge in [0.05, 0.1) is 6.10 Å². The number of Topliss-reactive ketones (excluding diaryl/α,β-unsaturated/α-hetero) is 1. The molecule has 0 aliphatic carbocycles. The first-order valence-electron chi connectivity index (χ1n) is 17.3. The van der Waals surface area contributed by atoms with Crippen molar-refractivity contribution in [3.63, 3.8) is 0 Å². The summed E-state index contributed by atoms with van der Waals surface area (Å²) in [5.74, 6) is 0.363. The van der Waals surface area contributed by atoms with E-state index in [0.717, 1.165) is 44.9 Å². The SMILES string of the molecule is CCCCCCCCCCCCCCCCCCCC(=O)OC(C)CCCCC(=O)CCCCCCCC. The lowest BCUT2D eigenvalue weighted by atomic mass is 10.0. The predicted octanol–water partition coefficient (Wildman–Crippen LogP) is 11.8. The lowest BCUT2D eigenvalue weighted by molar-refractivity contribution is -0.148. The lowest BCUT2D eigenvalue weighted by Gasteiger charge is -2.13. The normalized spacial score (nSPS) is 12.1. The molecule has 0 rings (SSSR count). The van der Waals surface area contributed by atoms with Crippen molar-refractivity contribution in [1.82, 2.24) is 0 Å². The van der Waals surface area contributed by atoms with E-state index >= 15 is 0 Å². The number of carbonyl (C=O) groups excluding carboxylic acids is 2. The van der Waals surface area contributed by atoms with E-state index in [4.69, 9.17) is 4.74 Å². The number of ether oxygens (including phenoxy) is 1. The molecule has 0 aromatic carbocycles. The second-order valence-electron chi connectivity index (χ2n) is 12.0. The highest BCUT2D eigenvalue weighted by Crippen LogP contribution is 2.15. The van der Waals surface area contributed by atoms with Gasteiger partial charge in [0.1, 0.15) is 5.78 Å². The Labute approximate surface area is 239 Å². The van der Waals surface area contributed by atoms with Crippen LogP contribution in [-0.4, -0.2) is 17.9 Å². The summed E-state index contributed by atoms with van der Waals surface area (Å²) < 4.78 is 5.57. The molecule has 1 unspecified atom stereocenters. The molecule has 0 aliphatic rings. The minimum atomic E-state index is -0.0439. The molecule has 38 heavy (non-hydrogen) atoms.